The maximum atomic E-state index is 12.7. The van der Waals surface area contributed by atoms with Crippen molar-refractivity contribution in [3.8, 4) is 0 Å². The molecular weight excluding hydrogens is 498 g/mol. The summed E-state index contributed by atoms with van der Waals surface area (Å²) in [4.78, 5) is 12.8. The van der Waals surface area contributed by atoms with E-state index in [2.05, 4.69) is 10.0 Å². The topological polar surface area (TPSA) is 113 Å². The van der Waals surface area contributed by atoms with Gasteiger partial charge >= 0.3 is 0 Å². The zero-order valence-corrected chi connectivity index (χ0v) is 22.4. The van der Waals surface area contributed by atoms with Crippen molar-refractivity contribution in [1.29, 1.82) is 0 Å². The van der Waals surface area contributed by atoms with Crippen LogP contribution >= 0.6 is 0 Å². The number of rotatable bonds is 10. The van der Waals surface area contributed by atoms with E-state index in [0.717, 1.165) is 21.0 Å². The number of anilines is 1. The Balaban J connectivity index is 1.61. The highest BCUT2D eigenvalue weighted by atomic mass is 32.2. The van der Waals surface area contributed by atoms with Crippen LogP contribution in [0.5, 0.6) is 0 Å². The summed E-state index contributed by atoms with van der Waals surface area (Å²) < 4.78 is 54.1. The van der Waals surface area contributed by atoms with Gasteiger partial charge in [-0.1, -0.05) is 48.5 Å². The maximum absolute atomic E-state index is 12.7. The SMILES string of the molecule is Cc1ccc(S(=O)(=O)N(C)C)cc1NC(=O)CCc1ccc(S(=O)(=O)N[C@H](C)c2ccccc2)cc1. The van der Waals surface area contributed by atoms with Crippen LogP contribution in [0.25, 0.3) is 0 Å². The first-order chi connectivity index (χ1) is 16.9. The van der Waals surface area contributed by atoms with Gasteiger partial charge in [0.2, 0.25) is 26.0 Å². The molecule has 2 N–H and O–H groups in total. The van der Waals surface area contributed by atoms with E-state index in [0.29, 0.717) is 12.1 Å². The van der Waals surface area contributed by atoms with Gasteiger partial charge in [0, 0.05) is 32.2 Å². The van der Waals surface area contributed by atoms with Gasteiger partial charge in [-0.2, -0.15) is 0 Å². The van der Waals surface area contributed by atoms with Gasteiger partial charge in [0.05, 0.1) is 9.79 Å². The Hall–Kier alpha value is -3.05. The van der Waals surface area contributed by atoms with Gasteiger partial charge in [-0.15, -0.1) is 0 Å². The van der Waals surface area contributed by atoms with E-state index in [4.69, 9.17) is 0 Å². The third-order valence-corrected chi connectivity index (χ3v) is 9.14. The zero-order chi connectivity index (χ0) is 26.5. The fourth-order valence-corrected chi connectivity index (χ4v) is 5.68. The number of carbonyl (C=O) groups is 1. The lowest BCUT2D eigenvalue weighted by atomic mass is 10.1. The molecular formula is C26H31N3O5S2. The van der Waals surface area contributed by atoms with Crippen LogP contribution in [-0.4, -0.2) is 41.1 Å². The van der Waals surface area contributed by atoms with Gasteiger partial charge in [0.1, 0.15) is 0 Å². The second-order valence-corrected chi connectivity index (χ2v) is 12.6. The van der Waals surface area contributed by atoms with Crippen LogP contribution in [0.2, 0.25) is 0 Å². The first kappa shape index (κ1) is 27.5. The Morgan fingerprint density at radius 2 is 1.50 bits per heavy atom. The second kappa shape index (κ2) is 11.3. The molecule has 0 aliphatic heterocycles. The van der Waals surface area contributed by atoms with Crippen molar-refractivity contribution in [3.63, 3.8) is 0 Å². The molecule has 36 heavy (non-hydrogen) atoms. The Bertz CT molecular complexity index is 1420. The minimum atomic E-state index is -3.71. The molecule has 0 spiro atoms. The molecule has 192 valence electrons. The van der Waals surface area contributed by atoms with Crippen LogP contribution in [0, 0.1) is 6.92 Å². The van der Waals surface area contributed by atoms with E-state index in [1.54, 1.807) is 32.0 Å². The normalized spacial score (nSPS) is 12.9. The highest BCUT2D eigenvalue weighted by molar-refractivity contribution is 7.89. The van der Waals surface area contributed by atoms with E-state index in [1.807, 2.05) is 30.3 Å². The summed E-state index contributed by atoms with van der Waals surface area (Å²) in [6, 6.07) is 19.9. The van der Waals surface area contributed by atoms with Crippen LogP contribution in [-0.2, 0) is 31.3 Å². The van der Waals surface area contributed by atoms with Crippen molar-refractivity contribution in [1.82, 2.24) is 9.03 Å². The molecule has 0 bridgehead atoms. The summed E-state index contributed by atoms with van der Waals surface area (Å²) in [5, 5.41) is 2.78. The number of hydrogen-bond donors (Lipinski definition) is 2. The minimum Gasteiger partial charge on any atom is -0.326 e. The van der Waals surface area contributed by atoms with Gasteiger partial charge in [-0.05, 0) is 61.2 Å². The molecule has 0 fully saturated rings. The van der Waals surface area contributed by atoms with Crippen molar-refractivity contribution in [2.75, 3.05) is 19.4 Å². The Labute approximate surface area is 213 Å². The van der Waals surface area contributed by atoms with Crippen LogP contribution in [0.3, 0.4) is 0 Å². The molecule has 0 aliphatic rings. The summed E-state index contributed by atoms with van der Waals surface area (Å²) in [7, 11) is -4.43. The third-order valence-electron chi connectivity index (χ3n) is 5.77. The fraction of sp³-hybridized carbons (Fsp3) is 0.269. The first-order valence-corrected chi connectivity index (χ1v) is 14.3. The smallest absolute Gasteiger partial charge is 0.242 e. The fourth-order valence-electron chi connectivity index (χ4n) is 3.52. The van der Waals surface area contributed by atoms with E-state index < -0.39 is 20.0 Å². The number of aryl methyl sites for hydroxylation is 2. The lowest BCUT2D eigenvalue weighted by molar-refractivity contribution is -0.116. The molecule has 0 radical (unpaired) electrons. The zero-order valence-electron chi connectivity index (χ0n) is 20.7. The summed E-state index contributed by atoms with van der Waals surface area (Å²) in [5.41, 5.74) is 2.85. The van der Waals surface area contributed by atoms with Gasteiger partial charge in [-0.3, -0.25) is 4.79 Å². The van der Waals surface area contributed by atoms with Crippen molar-refractivity contribution in [2.24, 2.45) is 0 Å². The average molecular weight is 530 g/mol. The number of benzene rings is 3. The summed E-state index contributed by atoms with van der Waals surface area (Å²) in [6.45, 7) is 3.57. The molecule has 8 nitrogen and oxygen atoms in total. The van der Waals surface area contributed by atoms with Crippen molar-refractivity contribution >= 4 is 31.6 Å². The maximum Gasteiger partial charge on any atom is 0.242 e. The molecule has 0 aliphatic carbocycles. The Morgan fingerprint density at radius 3 is 2.11 bits per heavy atom. The lowest BCUT2D eigenvalue weighted by Crippen LogP contribution is -2.26. The van der Waals surface area contributed by atoms with Gasteiger partial charge < -0.3 is 5.32 Å². The predicted molar refractivity (Wildman–Crippen MR) is 141 cm³/mol. The third kappa shape index (κ3) is 6.79. The predicted octanol–water partition coefficient (Wildman–Crippen LogP) is 3.86. The van der Waals surface area contributed by atoms with Crippen LogP contribution in [0.4, 0.5) is 5.69 Å². The number of amides is 1. The molecule has 3 aromatic carbocycles. The molecule has 0 aromatic heterocycles. The van der Waals surface area contributed by atoms with Crippen molar-refractivity contribution in [2.45, 2.75) is 42.5 Å². The second-order valence-electron chi connectivity index (χ2n) is 8.71. The highest BCUT2D eigenvalue weighted by Crippen LogP contribution is 2.23. The largest absolute Gasteiger partial charge is 0.326 e. The molecule has 0 heterocycles. The number of nitrogens with one attached hydrogen (secondary N) is 2. The number of nitrogens with zero attached hydrogens (tertiary/aromatic N) is 1. The molecule has 1 amide bonds. The van der Waals surface area contributed by atoms with E-state index in [1.165, 1.54) is 38.4 Å². The quantitative estimate of drug-likeness (QED) is 0.414. The van der Waals surface area contributed by atoms with E-state index >= 15 is 0 Å². The summed E-state index contributed by atoms with van der Waals surface area (Å²) >= 11 is 0. The molecule has 3 rings (SSSR count). The lowest BCUT2D eigenvalue weighted by Gasteiger charge is -2.15. The number of hydrogen-bond acceptors (Lipinski definition) is 5. The van der Waals surface area contributed by atoms with Gasteiger partial charge in [0.15, 0.2) is 0 Å². The van der Waals surface area contributed by atoms with Crippen LogP contribution < -0.4 is 10.0 Å². The first-order valence-electron chi connectivity index (χ1n) is 11.4. The molecule has 0 saturated carbocycles. The van der Waals surface area contributed by atoms with Gasteiger partial charge in [0.25, 0.3) is 0 Å². The standard InChI is InChI=1S/C26H31N3O5S2/c1-19-10-14-24(36(33,34)29(3)4)18-25(19)27-26(30)17-13-21-11-15-23(16-12-21)35(31,32)28-20(2)22-8-6-5-7-9-22/h5-12,14-16,18,20,28H,13,17H2,1-4H3,(H,27,30)/t20-/m1/s1. The monoisotopic (exact) mass is 529 g/mol. The van der Waals surface area contributed by atoms with E-state index in [-0.39, 0.29) is 28.2 Å². The molecule has 10 heteroatoms. The van der Waals surface area contributed by atoms with E-state index in [9.17, 15) is 21.6 Å². The Kier molecular flexibility index (Phi) is 8.67. The van der Waals surface area contributed by atoms with Crippen molar-refractivity contribution in [3.05, 3.63) is 89.5 Å². The van der Waals surface area contributed by atoms with Crippen LogP contribution in [0.1, 0.15) is 36.1 Å². The Morgan fingerprint density at radius 1 is 0.889 bits per heavy atom. The molecule has 0 unspecified atom stereocenters. The molecule has 3 aromatic rings. The average Bonchev–Trinajstić information content (AvgIpc) is 2.84. The molecule has 1 atom stereocenters. The number of carbonyl (C=O) groups excluding carboxylic acids is 1. The minimum absolute atomic E-state index is 0.0976. The summed E-state index contributed by atoms with van der Waals surface area (Å²) in [6.07, 6.45) is 0.550. The number of sulfonamides is 2. The van der Waals surface area contributed by atoms with Crippen molar-refractivity contribution < 1.29 is 21.6 Å². The van der Waals surface area contributed by atoms with Crippen LogP contribution in [0.15, 0.2) is 82.6 Å². The summed E-state index contributed by atoms with van der Waals surface area (Å²) in [5.74, 6) is -0.271. The molecule has 0 saturated heterocycles. The van der Waals surface area contributed by atoms with Gasteiger partial charge in [-0.25, -0.2) is 25.9 Å². The highest BCUT2D eigenvalue weighted by Gasteiger charge is 2.20.